The van der Waals surface area contributed by atoms with E-state index in [1.165, 1.54) is 18.3 Å². The summed E-state index contributed by atoms with van der Waals surface area (Å²) in [6.07, 6.45) is 0. The molecule has 0 spiro atoms. The maximum atomic E-state index is 13.1. The average molecular weight is 425 g/mol. The molecule has 5 nitrogen and oxygen atoms in total. The number of amides is 1. The third-order valence-electron chi connectivity index (χ3n) is 4.48. The van der Waals surface area contributed by atoms with Crippen LogP contribution in [0.2, 0.25) is 0 Å². The molecular weight excluding hydrogens is 400 g/mol. The highest BCUT2D eigenvalue weighted by Gasteiger charge is 2.29. The Hall–Kier alpha value is -1.35. The summed E-state index contributed by atoms with van der Waals surface area (Å²) in [7, 11) is -3.72. The van der Waals surface area contributed by atoms with E-state index in [0.29, 0.717) is 12.2 Å². The van der Waals surface area contributed by atoms with E-state index in [2.05, 4.69) is 11.6 Å². The van der Waals surface area contributed by atoms with Gasteiger partial charge in [-0.25, -0.2) is 13.1 Å². The number of nitrogens with zero attached hydrogens (tertiary/aromatic N) is 1. The first kappa shape index (κ1) is 20.4. The number of nitrogens with one attached hydrogen (secondary N) is 1. The van der Waals surface area contributed by atoms with Crippen LogP contribution in [0.25, 0.3) is 0 Å². The second-order valence-electron chi connectivity index (χ2n) is 7.05. The van der Waals surface area contributed by atoms with Gasteiger partial charge >= 0.3 is 0 Å². The van der Waals surface area contributed by atoms with Gasteiger partial charge in [-0.15, -0.1) is 23.1 Å². The summed E-state index contributed by atoms with van der Waals surface area (Å²) in [5.74, 6) is 0.0331. The van der Waals surface area contributed by atoms with E-state index in [0.717, 1.165) is 9.77 Å². The van der Waals surface area contributed by atoms with Crippen molar-refractivity contribution < 1.29 is 13.2 Å². The van der Waals surface area contributed by atoms with Crippen LogP contribution in [-0.4, -0.2) is 26.1 Å². The second-order valence-corrected chi connectivity index (χ2v) is 11.2. The Kier molecular flexibility index (Phi) is 6.00. The zero-order valence-corrected chi connectivity index (χ0v) is 18.2. The molecule has 2 aromatic rings. The molecule has 0 saturated heterocycles. The lowest BCUT2D eigenvalue weighted by Gasteiger charge is -2.32. The van der Waals surface area contributed by atoms with Gasteiger partial charge in [-0.3, -0.25) is 4.79 Å². The maximum absolute atomic E-state index is 13.1. The fraction of sp³-hybridized carbons (Fsp3) is 0.421. The van der Waals surface area contributed by atoms with E-state index in [1.54, 1.807) is 34.9 Å². The molecule has 1 aromatic carbocycles. The summed E-state index contributed by atoms with van der Waals surface area (Å²) in [6, 6.07) is 8.62. The van der Waals surface area contributed by atoms with Crippen molar-refractivity contribution in [3.63, 3.8) is 0 Å². The molecule has 0 fully saturated rings. The van der Waals surface area contributed by atoms with Gasteiger partial charge in [-0.05, 0) is 35.6 Å². The van der Waals surface area contributed by atoms with Gasteiger partial charge in [0, 0.05) is 28.5 Å². The summed E-state index contributed by atoms with van der Waals surface area (Å²) < 4.78 is 28.9. The topological polar surface area (TPSA) is 66.5 Å². The first-order chi connectivity index (χ1) is 12.7. The number of carbonyl (C=O) groups excluding carboxylic acids is 1. The molecule has 1 aliphatic rings. The molecule has 1 N–H and O–H groups in total. The Balaban J connectivity index is 1.96. The Bertz CT molecular complexity index is 924. The van der Waals surface area contributed by atoms with Gasteiger partial charge in [-0.2, -0.15) is 0 Å². The Labute approximate surface area is 169 Å². The van der Waals surface area contributed by atoms with Gasteiger partial charge in [0.15, 0.2) is 0 Å². The van der Waals surface area contributed by atoms with Crippen LogP contribution >= 0.6 is 23.1 Å². The van der Waals surface area contributed by atoms with Crippen molar-refractivity contribution in [2.24, 2.45) is 5.92 Å². The predicted molar refractivity (Wildman–Crippen MR) is 112 cm³/mol. The van der Waals surface area contributed by atoms with Crippen molar-refractivity contribution in [1.29, 1.82) is 0 Å². The monoisotopic (exact) mass is 424 g/mol. The molecule has 27 heavy (non-hydrogen) atoms. The summed E-state index contributed by atoms with van der Waals surface area (Å²) in [5, 5.41) is 2.22. The minimum absolute atomic E-state index is 0.0791. The number of hydrogen-bond acceptors (Lipinski definition) is 5. The number of fused-ring (bicyclic) bond motifs is 1. The van der Waals surface area contributed by atoms with Crippen LogP contribution in [-0.2, 0) is 14.8 Å². The largest absolute Gasteiger partial charge is 0.310 e. The lowest BCUT2D eigenvalue weighted by atomic mass is 10.0. The van der Waals surface area contributed by atoms with E-state index in [-0.39, 0.29) is 28.0 Å². The molecule has 0 aliphatic carbocycles. The Morgan fingerprint density at radius 3 is 2.63 bits per heavy atom. The number of carbonyl (C=O) groups is 1. The molecule has 1 aromatic heterocycles. The minimum atomic E-state index is -3.72. The summed E-state index contributed by atoms with van der Waals surface area (Å²) in [6.45, 7) is 8.14. The number of sulfonamides is 1. The second kappa shape index (κ2) is 7.95. The first-order valence-electron chi connectivity index (χ1n) is 8.83. The van der Waals surface area contributed by atoms with E-state index in [1.807, 2.05) is 31.4 Å². The molecule has 8 heteroatoms. The highest BCUT2D eigenvalue weighted by Crippen LogP contribution is 2.40. The molecule has 1 amide bonds. The highest BCUT2D eigenvalue weighted by molar-refractivity contribution is 8.00. The molecule has 146 valence electrons. The third kappa shape index (κ3) is 4.39. The lowest BCUT2D eigenvalue weighted by molar-refractivity contribution is -0.116. The fourth-order valence-corrected chi connectivity index (χ4v) is 6.61. The van der Waals surface area contributed by atoms with Crippen molar-refractivity contribution in [3.8, 4) is 0 Å². The average Bonchev–Trinajstić information content (AvgIpc) is 3.12. The lowest BCUT2D eigenvalue weighted by Crippen LogP contribution is -2.37. The standard InChI is InChI=1S/C19H24N2O3S3/c1-12(2)19(18-6-5-9-25-18)20-27(23,24)15-7-8-17-16(10-15)21(14(4)22)11-13(3)26-17/h5-10,12-13,19-20H,11H2,1-4H3/t13-,19-/m0/s1. The molecule has 0 saturated carbocycles. The molecule has 2 heterocycles. The number of rotatable bonds is 5. The zero-order chi connectivity index (χ0) is 19.8. The predicted octanol–water partition coefficient (Wildman–Crippen LogP) is 4.27. The van der Waals surface area contributed by atoms with Crippen molar-refractivity contribution in [2.45, 2.75) is 48.8 Å². The first-order valence-corrected chi connectivity index (χ1v) is 12.1. The van der Waals surface area contributed by atoms with Crippen LogP contribution in [0.3, 0.4) is 0 Å². The number of anilines is 1. The highest BCUT2D eigenvalue weighted by atomic mass is 32.2. The van der Waals surface area contributed by atoms with Crippen LogP contribution in [0.5, 0.6) is 0 Å². The molecular formula is C19H24N2O3S3. The zero-order valence-electron chi connectivity index (χ0n) is 15.8. The van der Waals surface area contributed by atoms with Crippen LogP contribution in [0, 0.1) is 5.92 Å². The number of thioether (sulfide) groups is 1. The van der Waals surface area contributed by atoms with Crippen LogP contribution in [0.15, 0.2) is 45.5 Å². The van der Waals surface area contributed by atoms with E-state index >= 15 is 0 Å². The van der Waals surface area contributed by atoms with Gasteiger partial charge in [-0.1, -0.05) is 26.8 Å². The molecule has 1 aliphatic heterocycles. The van der Waals surface area contributed by atoms with Crippen molar-refractivity contribution in [3.05, 3.63) is 40.6 Å². The van der Waals surface area contributed by atoms with Gasteiger partial charge in [0.05, 0.1) is 16.6 Å². The number of benzene rings is 1. The molecule has 0 bridgehead atoms. The minimum Gasteiger partial charge on any atom is -0.310 e. The van der Waals surface area contributed by atoms with E-state index in [9.17, 15) is 13.2 Å². The van der Waals surface area contributed by atoms with Crippen molar-refractivity contribution in [2.75, 3.05) is 11.4 Å². The normalized spacial score (nSPS) is 18.4. The molecule has 0 radical (unpaired) electrons. The van der Waals surface area contributed by atoms with Gasteiger partial charge < -0.3 is 4.90 Å². The summed E-state index contributed by atoms with van der Waals surface area (Å²) in [4.78, 5) is 15.8. The van der Waals surface area contributed by atoms with Crippen LogP contribution < -0.4 is 9.62 Å². The van der Waals surface area contributed by atoms with E-state index in [4.69, 9.17) is 0 Å². The van der Waals surface area contributed by atoms with Crippen LogP contribution in [0.4, 0.5) is 5.69 Å². The smallest absolute Gasteiger partial charge is 0.241 e. The fourth-order valence-electron chi connectivity index (χ4n) is 3.11. The summed E-state index contributed by atoms with van der Waals surface area (Å²) in [5.41, 5.74) is 0.672. The van der Waals surface area contributed by atoms with Gasteiger partial charge in [0.1, 0.15) is 0 Å². The maximum Gasteiger partial charge on any atom is 0.241 e. The van der Waals surface area contributed by atoms with Gasteiger partial charge in [0.2, 0.25) is 15.9 Å². The summed E-state index contributed by atoms with van der Waals surface area (Å²) >= 11 is 3.20. The SMILES string of the molecule is CC(=O)N1C[C@H](C)Sc2ccc(S(=O)(=O)N[C@H](c3cccs3)C(C)C)cc21. The third-order valence-corrected chi connectivity index (χ3v) is 8.02. The van der Waals surface area contributed by atoms with Crippen LogP contribution in [0.1, 0.15) is 38.6 Å². The molecule has 3 rings (SSSR count). The molecule has 0 unspecified atom stereocenters. The quantitative estimate of drug-likeness (QED) is 0.778. The van der Waals surface area contributed by atoms with Crippen molar-refractivity contribution in [1.82, 2.24) is 4.72 Å². The van der Waals surface area contributed by atoms with E-state index < -0.39 is 10.0 Å². The van der Waals surface area contributed by atoms with Gasteiger partial charge in [0.25, 0.3) is 0 Å². The molecule has 2 atom stereocenters. The Morgan fingerprint density at radius 1 is 1.30 bits per heavy atom. The Morgan fingerprint density at radius 2 is 2.04 bits per heavy atom. The number of thiophene rings is 1. The number of hydrogen-bond donors (Lipinski definition) is 1. The van der Waals surface area contributed by atoms with Crippen molar-refractivity contribution >= 4 is 44.7 Å².